The Kier molecular flexibility index (Phi) is 6.99. The van der Waals surface area contributed by atoms with E-state index in [0.717, 1.165) is 6.26 Å². The number of benzene rings is 2. The zero-order valence-electron chi connectivity index (χ0n) is 18.0. The highest BCUT2D eigenvalue weighted by atomic mass is 32.2. The molecule has 0 spiro atoms. The summed E-state index contributed by atoms with van der Waals surface area (Å²) in [7, 11) is -0.523. The fourth-order valence-electron chi connectivity index (χ4n) is 3.54. The van der Waals surface area contributed by atoms with E-state index in [0.29, 0.717) is 30.6 Å². The van der Waals surface area contributed by atoms with Gasteiger partial charge in [0.2, 0.25) is 0 Å². The van der Waals surface area contributed by atoms with Gasteiger partial charge in [0.1, 0.15) is 12.2 Å². The van der Waals surface area contributed by atoms with Gasteiger partial charge in [-0.1, -0.05) is 0 Å². The summed E-state index contributed by atoms with van der Waals surface area (Å²) in [6.45, 7) is 0.771. The van der Waals surface area contributed by atoms with Gasteiger partial charge in [-0.15, -0.1) is 0 Å². The highest BCUT2D eigenvalue weighted by Gasteiger charge is 2.31. The molecule has 0 fully saturated rings. The van der Waals surface area contributed by atoms with Gasteiger partial charge in [-0.2, -0.15) is 0 Å². The van der Waals surface area contributed by atoms with Crippen LogP contribution in [-0.2, 0) is 21.0 Å². The maximum absolute atomic E-state index is 13.4. The second-order valence-corrected chi connectivity index (χ2v) is 9.26. The Bertz CT molecular complexity index is 1150. The molecule has 11 heteroatoms. The molecule has 0 saturated carbocycles. The Morgan fingerprint density at radius 1 is 1.16 bits per heavy atom. The number of aryl methyl sites for hydroxylation is 1. The van der Waals surface area contributed by atoms with Gasteiger partial charge in [-0.05, 0) is 36.6 Å². The van der Waals surface area contributed by atoms with Gasteiger partial charge in [0.15, 0.2) is 21.3 Å². The molecular weight excluding hydrogens is 440 g/mol. The molecule has 0 aromatic heterocycles. The molecule has 3 rings (SSSR count). The summed E-state index contributed by atoms with van der Waals surface area (Å²) < 4.78 is 39.5. The molecule has 0 radical (unpaired) electrons. The molecule has 1 amide bonds. The molecule has 32 heavy (non-hydrogen) atoms. The number of methoxy groups -OCH3 is 2. The normalized spacial score (nSPS) is 13.4. The first kappa shape index (κ1) is 23.5. The summed E-state index contributed by atoms with van der Waals surface area (Å²) in [5.41, 5.74) is 0.665. The zero-order chi connectivity index (χ0) is 23.5. The van der Waals surface area contributed by atoms with E-state index >= 15 is 0 Å². The number of fused-ring (bicyclic) bond motifs is 1. The molecule has 0 unspecified atom stereocenters. The van der Waals surface area contributed by atoms with E-state index in [1.165, 1.54) is 37.3 Å². The van der Waals surface area contributed by atoms with Crippen LogP contribution in [0.15, 0.2) is 35.2 Å². The topological polar surface area (TPSA) is 125 Å². The van der Waals surface area contributed by atoms with Crippen LogP contribution in [0.2, 0.25) is 0 Å². The van der Waals surface area contributed by atoms with Gasteiger partial charge in [0.05, 0.1) is 29.6 Å². The minimum absolute atomic E-state index is 0.129. The standard InChI is InChI=1S/C21H24N2O8S/c1-29-9-10-31-20-13-18(23(25)26)16(12-19(20)30-2)21(24)22-8-4-5-14-11-15(32(3,27)28)6-7-17(14)22/h6-7,11-13H,4-5,8-10H2,1-3H3. The molecule has 0 aliphatic carbocycles. The maximum Gasteiger partial charge on any atom is 0.286 e. The number of ether oxygens (including phenoxy) is 3. The van der Waals surface area contributed by atoms with Crippen LogP contribution in [0.25, 0.3) is 0 Å². The Balaban J connectivity index is 2.03. The number of anilines is 1. The summed E-state index contributed by atoms with van der Waals surface area (Å²) in [5, 5.41) is 11.7. The molecule has 1 aliphatic rings. The Morgan fingerprint density at radius 3 is 2.53 bits per heavy atom. The summed E-state index contributed by atoms with van der Waals surface area (Å²) in [6, 6.07) is 7.00. The first-order valence-electron chi connectivity index (χ1n) is 9.80. The molecule has 2 aromatic carbocycles. The van der Waals surface area contributed by atoms with Crippen LogP contribution in [0.3, 0.4) is 0 Å². The molecule has 0 N–H and O–H groups in total. The molecule has 2 aromatic rings. The summed E-state index contributed by atoms with van der Waals surface area (Å²) in [4.78, 5) is 26.1. The number of nitro benzene ring substituents is 1. The first-order chi connectivity index (χ1) is 15.2. The van der Waals surface area contributed by atoms with Crippen molar-refractivity contribution in [3.63, 3.8) is 0 Å². The van der Waals surface area contributed by atoms with E-state index in [1.807, 2.05) is 0 Å². The molecule has 1 heterocycles. The van der Waals surface area contributed by atoms with Crippen molar-refractivity contribution in [3.8, 4) is 11.5 Å². The Morgan fingerprint density at radius 2 is 1.91 bits per heavy atom. The maximum atomic E-state index is 13.4. The second-order valence-electron chi connectivity index (χ2n) is 7.24. The molecule has 1 aliphatic heterocycles. The van der Waals surface area contributed by atoms with Gasteiger partial charge in [-0.3, -0.25) is 14.9 Å². The lowest BCUT2D eigenvalue weighted by Crippen LogP contribution is -2.36. The summed E-state index contributed by atoms with van der Waals surface area (Å²) in [5.74, 6) is -0.268. The average molecular weight is 464 g/mol. The highest BCUT2D eigenvalue weighted by Crippen LogP contribution is 2.37. The van der Waals surface area contributed by atoms with Crippen LogP contribution in [0.5, 0.6) is 11.5 Å². The third-order valence-electron chi connectivity index (χ3n) is 5.10. The SMILES string of the molecule is COCCOc1cc([N+](=O)[O-])c(C(=O)N2CCCc3cc(S(C)(=O)=O)ccc32)cc1OC. The van der Waals surface area contributed by atoms with Crippen molar-refractivity contribution in [2.24, 2.45) is 0 Å². The number of rotatable bonds is 8. The summed E-state index contributed by atoms with van der Waals surface area (Å²) in [6.07, 6.45) is 2.31. The minimum atomic E-state index is -3.40. The van der Waals surface area contributed by atoms with Crippen LogP contribution < -0.4 is 14.4 Å². The predicted octanol–water partition coefficient (Wildman–Crippen LogP) is 2.63. The molecular formula is C21H24N2O8S. The fourth-order valence-corrected chi connectivity index (χ4v) is 4.21. The molecule has 0 saturated heterocycles. The number of nitro groups is 1. The van der Waals surface area contributed by atoms with E-state index in [9.17, 15) is 23.3 Å². The van der Waals surface area contributed by atoms with Crippen molar-refractivity contribution >= 4 is 27.1 Å². The molecule has 10 nitrogen and oxygen atoms in total. The van der Waals surface area contributed by atoms with Crippen LogP contribution in [0, 0.1) is 10.1 Å². The number of hydrogen-bond acceptors (Lipinski definition) is 8. The highest BCUT2D eigenvalue weighted by molar-refractivity contribution is 7.90. The average Bonchev–Trinajstić information content (AvgIpc) is 2.76. The quantitative estimate of drug-likeness (QED) is 0.332. The van der Waals surface area contributed by atoms with E-state index < -0.39 is 26.4 Å². The first-order valence-corrected chi connectivity index (χ1v) is 11.7. The van der Waals surface area contributed by atoms with E-state index in [-0.39, 0.29) is 35.2 Å². The molecule has 0 atom stereocenters. The van der Waals surface area contributed by atoms with Crippen molar-refractivity contribution in [1.82, 2.24) is 0 Å². The number of carbonyl (C=O) groups excluding carboxylic acids is 1. The fraction of sp³-hybridized carbons (Fsp3) is 0.381. The van der Waals surface area contributed by atoms with Crippen molar-refractivity contribution in [1.29, 1.82) is 0 Å². The van der Waals surface area contributed by atoms with Crippen LogP contribution in [0.1, 0.15) is 22.3 Å². The van der Waals surface area contributed by atoms with Crippen molar-refractivity contribution in [2.45, 2.75) is 17.7 Å². The molecule has 0 bridgehead atoms. The monoisotopic (exact) mass is 464 g/mol. The van der Waals surface area contributed by atoms with Gasteiger partial charge >= 0.3 is 0 Å². The van der Waals surface area contributed by atoms with Crippen molar-refractivity contribution < 1.29 is 32.3 Å². The number of carbonyl (C=O) groups is 1. The number of hydrogen-bond donors (Lipinski definition) is 0. The number of sulfone groups is 1. The zero-order valence-corrected chi connectivity index (χ0v) is 18.8. The van der Waals surface area contributed by atoms with Gasteiger partial charge < -0.3 is 19.1 Å². The Labute approximate surface area is 185 Å². The lowest BCUT2D eigenvalue weighted by molar-refractivity contribution is -0.385. The predicted molar refractivity (Wildman–Crippen MR) is 117 cm³/mol. The largest absolute Gasteiger partial charge is 0.493 e. The second kappa shape index (κ2) is 9.53. The van der Waals surface area contributed by atoms with E-state index in [2.05, 4.69) is 0 Å². The van der Waals surface area contributed by atoms with Gasteiger partial charge in [0.25, 0.3) is 11.6 Å². The molecule has 172 valence electrons. The van der Waals surface area contributed by atoms with E-state index in [4.69, 9.17) is 14.2 Å². The van der Waals surface area contributed by atoms with E-state index in [1.54, 1.807) is 12.1 Å². The van der Waals surface area contributed by atoms with Crippen LogP contribution in [-0.4, -0.2) is 59.5 Å². The van der Waals surface area contributed by atoms with Crippen LogP contribution >= 0.6 is 0 Å². The Hall–Kier alpha value is -3.18. The lowest BCUT2D eigenvalue weighted by atomic mass is 10.00. The van der Waals surface area contributed by atoms with Crippen molar-refractivity contribution in [2.75, 3.05) is 45.1 Å². The third kappa shape index (κ3) is 4.83. The van der Waals surface area contributed by atoms with Gasteiger partial charge in [0, 0.05) is 31.7 Å². The third-order valence-corrected chi connectivity index (χ3v) is 6.21. The number of amides is 1. The summed E-state index contributed by atoms with van der Waals surface area (Å²) >= 11 is 0. The lowest BCUT2D eigenvalue weighted by Gasteiger charge is -2.30. The van der Waals surface area contributed by atoms with Crippen LogP contribution in [0.4, 0.5) is 11.4 Å². The smallest absolute Gasteiger partial charge is 0.286 e. The van der Waals surface area contributed by atoms with Gasteiger partial charge in [-0.25, -0.2) is 8.42 Å². The number of nitrogens with zero attached hydrogens (tertiary/aromatic N) is 2. The minimum Gasteiger partial charge on any atom is -0.493 e. The van der Waals surface area contributed by atoms with Crippen molar-refractivity contribution in [3.05, 3.63) is 51.6 Å².